The highest BCUT2D eigenvalue weighted by Gasteiger charge is 2.19. The number of nitrogens with zero attached hydrogens (tertiary/aromatic N) is 2. The minimum Gasteiger partial charge on any atom is -0.444 e. The molecule has 0 radical (unpaired) electrons. The number of benzene rings is 1. The summed E-state index contributed by atoms with van der Waals surface area (Å²) in [6, 6.07) is 10.8. The van der Waals surface area contributed by atoms with Gasteiger partial charge in [-0.1, -0.05) is 37.5 Å². The third-order valence-electron chi connectivity index (χ3n) is 4.18. The summed E-state index contributed by atoms with van der Waals surface area (Å²) in [6.07, 6.45) is 8.56. The Morgan fingerprint density at radius 2 is 1.90 bits per heavy atom. The normalized spacial score (nSPS) is 16.7. The van der Waals surface area contributed by atoms with Crippen LogP contribution < -0.4 is 0 Å². The molecule has 0 unspecified atom stereocenters. The quantitative estimate of drug-likeness (QED) is 0.837. The lowest BCUT2D eigenvalue weighted by Gasteiger charge is -2.30. The second-order valence-corrected chi connectivity index (χ2v) is 5.72. The summed E-state index contributed by atoms with van der Waals surface area (Å²) in [5.74, 6) is 0.720. The van der Waals surface area contributed by atoms with Crippen LogP contribution >= 0.6 is 0 Å². The summed E-state index contributed by atoms with van der Waals surface area (Å²) in [4.78, 5) is 7.03. The van der Waals surface area contributed by atoms with Crippen molar-refractivity contribution >= 4 is 0 Å². The first kappa shape index (κ1) is 13.4. The second-order valence-electron chi connectivity index (χ2n) is 5.72. The number of oxazole rings is 1. The van der Waals surface area contributed by atoms with Gasteiger partial charge in [-0.05, 0) is 32.0 Å². The molecular weight excluding hydrogens is 248 g/mol. The van der Waals surface area contributed by atoms with Gasteiger partial charge in [-0.15, -0.1) is 0 Å². The Morgan fingerprint density at radius 1 is 1.15 bits per heavy atom. The van der Waals surface area contributed by atoms with Crippen LogP contribution in [-0.4, -0.2) is 23.0 Å². The number of hydrogen-bond donors (Lipinski definition) is 0. The molecule has 3 nitrogen and oxygen atoms in total. The van der Waals surface area contributed by atoms with Gasteiger partial charge in [0, 0.05) is 18.2 Å². The molecule has 0 amide bonds. The molecule has 0 bridgehead atoms. The molecule has 1 aromatic heterocycles. The van der Waals surface area contributed by atoms with Gasteiger partial charge >= 0.3 is 0 Å². The minimum absolute atomic E-state index is 0.709. The van der Waals surface area contributed by atoms with E-state index < -0.39 is 0 Å². The molecule has 0 saturated heterocycles. The number of rotatable bonds is 4. The van der Waals surface area contributed by atoms with Gasteiger partial charge in [0.15, 0.2) is 0 Å². The van der Waals surface area contributed by atoms with Crippen molar-refractivity contribution < 1.29 is 4.42 Å². The topological polar surface area (TPSA) is 29.3 Å². The van der Waals surface area contributed by atoms with Crippen LogP contribution in [0.5, 0.6) is 0 Å². The predicted molar refractivity (Wildman–Crippen MR) is 80.3 cm³/mol. The minimum atomic E-state index is 0.709. The SMILES string of the molecule is CN(Cc1coc(-c2ccccc2)n1)C1CCCCC1. The van der Waals surface area contributed by atoms with E-state index in [1.54, 1.807) is 6.26 Å². The van der Waals surface area contributed by atoms with E-state index in [0.717, 1.165) is 23.7 Å². The monoisotopic (exact) mass is 270 g/mol. The summed E-state index contributed by atoms with van der Waals surface area (Å²) >= 11 is 0. The molecule has 1 aliphatic carbocycles. The Hall–Kier alpha value is -1.61. The van der Waals surface area contributed by atoms with E-state index in [-0.39, 0.29) is 0 Å². The van der Waals surface area contributed by atoms with Gasteiger partial charge < -0.3 is 4.42 Å². The van der Waals surface area contributed by atoms with Crippen LogP contribution in [0.15, 0.2) is 41.0 Å². The standard InChI is InChI=1S/C17H22N2O/c1-19(16-10-6-3-7-11-16)12-15-13-20-17(18-15)14-8-4-2-5-9-14/h2,4-5,8-9,13,16H,3,6-7,10-12H2,1H3. The number of aromatic nitrogens is 1. The Labute approximate surface area is 120 Å². The van der Waals surface area contributed by atoms with Crippen LogP contribution in [0.4, 0.5) is 0 Å². The fraction of sp³-hybridized carbons (Fsp3) is 0.471. The Kier molecular flexibility index (Phi) is 4.16. The molecule has 0 spiro atoms. The third-order valence-corrected chi connectivity index (χ3v) is 4.18. The molecule has 1 aliphatic rings. The van der Waals surface area contributed by atoms with E-state index in [1.807, 2.05) is 30.3 Å². The van der Waals surface area contributed by atoms with Crippen molar-refractivity contribution in [3.63, 3.8) is 0 Å². The Morgan fingerprint density at radius 3 is 2.65 bits per heavy atom. The van der Waals surface area contributed by atoms with Gasteiger partial charge in [0.1, 0.15) is 6.26 Å². The molecule has 1 saturated carbocycles. The maximum atomic E-state index is 5.60. The lowest BCUT2D eigenvalue weighted by Crippen LogP contribution is -2.32. The maximum absolute atomic E-state index is 5.60. The smallest absolute Gasteiger partial charge is 0.226 e. The van der Waals surface area contributed by atoms with Gasteiger partial charge in [-0.3, -0.25) is 4.90 Å². The zero-order valence-corrected chi connectivity index (χ0v) is 12.1. The van der Waals surface area contributed by atoms with E-state index in [2.05, 4.69) is 16.9 Å². The van der Waals surface area contributed by atoms with Crippen LogP contribution in [0.1, 0.15) is 37.8 Å². The van der Waals surface area contributed by atoms with Crippen molar-refractivity contribution in [2.75, 3.05) is 7.05 Å². The van der Waals surface area contributed by atoms with Gasteiger partial charge in [0.25, 0.3) is 0 Å². The Balaban J connectivity index is 1.65. The maximum Gasteiger partial charge on any atom is 0.226 e. The lowest BCUT2D eigenvalue weighted by molar-refractivity contribution is 0.182. The second kappa shape index (κ2) is 6.23. The van der Waals surface area contributed by atoms with Gasteiger partial charge in [-0.25, -0.2) is 4.98 Å². The lowest BCUT2D eigenvalue weighted by atomic mass is 9.94. The number of hydrogen-bond acceptors (Lipinski definition) is 3. The van der Waals surface area contributed by atoms with Gasteiger partial charge in [0.05, 0.1) is 5.69 Å². The molecule has 20 heavy (non-hydrogen) atoms. The summed E-state index contributed by atoms with van der Waals surface area (Å²) in [6.45, 7) is 0.876. The first-order valence-corrected chi connectivity index (χ1v) is 7.53. The molecule has 1 aromatic carbocycles. The first-order valence-electron chi connectivity index (χ1n) is 7.53. The molecule has 3 rings (SSSR count). The van der Waals surface area contributed by atoms with Crippen LogP contribution in [0.2, 0.25) is 0 Å². The van der Waals surface area contributed by atoms with Gasteiger partial charge in [0.2, 0.25) is 5.89 Å². The van der Waals surface area contributed by atoms with E-state index in [4.69, 9.17) is 4.42 Å². The van der Waals surface area contributed by atoms with Crippen molar-refractivity contribution in [1.29, 1.82) is 0 Å². The first-order chi connectivity index (χ1) is 9.83. The van der Waals surface area contributed by atoms with E-state index >= 15 is 0 Å². The molecule has 0 atom stereocenters. The molecule has 1 fully saturated rings. The summed E-state index contributed by atoms with van der Waals surface area (Å²) in [5, 5.41) is 0. The largest absolute Gasteiger partial charge is 0.444 e. The van der Waals surface area contributed by atoms with Crippen molar-refractivity contribution in [3.05, 3.63) is 42.3 Å². The summed E-state index contributed by atoms with van der Waals surface area (Å²) in [5.41, 5.74) is 2.07. The molecule has 0 N–H and O–H groups in total. The predicted octanol–water partition coefficient (Wildman–Crippen LogP) is 4.11. The zero-order chi connectivity index (χ0) is 13.8. The highest BCUT2D eigenvalue weighted by atomic mass is 16.3. The molecular formula is C17H22N2O. The van der Waals surface area contributed by atoms with Crippen LogP contribution in [0.3, 0.4) is 0 Å². The molecule has 1 heterocycles. The van der Waals surface area contributed by atoms with Gasteiger partial charge in [-0.2, -0.15) is 0 Å². The molecule has 106 valence electrons. The average molecular weight is 270 g/mol. The van der Waals surface area contributed by atoms with Crippen molar-refractivity contribution in [3.8, 4) is 11.5 Å². The van der Waals surface area contributed by atoms with Crippen molar-refractivity contribution in [2.24, 2.45) is 0 Å². The van der Waals surface area contributed by atoms with Crippen LogP contribution in [0, 0.1) is 0 Å². The molecule has 3 heteroatoms. The van der Waals surface area contributed by atoms with E-state index in [1.165, 1.54) is 32.1 Å². The van der Waals surface area contributed by atoms with Crippen molar-refractivity contribution in [1.82, 2.24) is 9.88 Å². The summed E-state index contributed by atoms with van der Waals surface area (Å²) in [7, 11) is 2.20. The third kappa shape index (κ3) is 3.10. The molecule has 0 aliphatic heterocycles. The van der Waals surface area contributed by atoms with E-state index in [9.17, 15) is 0 Å². The van der Waals surface area contributed by atoms with Crippen molar-refractivity contribution in [2.45, 2.75) is 44.7 Å². The average Bonchev–Trinajstić information content (AvgIpc) is 2.97. The van der Waals surface area contributed by atoms with Crippen LogP contribution in [0.25, 0.3) is 11.5 Å². The highest BCUT2D eigenvalue weighted by Crippen LogP contribution is 2.24. The Bertz CT molecular complexity index is 529. The fourth-order valence-corrected chi connectivity index (χ4v) is 3.00. The summed E-state index contributed by atoms with van der Waals surface area (Å²) < 4.78 is 5.60. The molecule has 2 aromatic rings. The van der Waals surface area contributed by atoms with E-state index in [0.29, 0.717) is 6.04 Å². The van der Waals surface area contributed by atoms with Crippen LogP contribution in [-0.2, 0) is 6.54 Å². The fourth-order valence-electron chi connectivity index (χ4n) is 3.00. The highest BCUT2D eigenvalue weighted by molar-refractivity contribution is 5.52. The zero-order valence-electron chi connectivity index (χ0n) is 12.1.